The second kappa shape index (κ2) is 11.2. The lowest BCUT2D eigenvalue weighted by atomic mass is 9.91. The fourth-order valence-electron chi connectivity index (χ4n) is 5.96. The number of anilines is 1. The van der Waals surface area contributed by atoms with Gasteiger partial charge in [0, 0.05) is 49.9 Å². The summed E-state index contributed by atoms with van der Waals surface area (Å²) in [6.07, 6.45) is -0.225. The van der Waals surface area contributed by atoms with E-state index in [1.54, 1.807) is 0 Å². The number of piperazine rings is 1. The van der Waals surface area contributed by atoms with Gasteiger partial charge in [-0.1, -0.05) is 74.1 Å². The summed E-state index contributed by atoms with van der Waals surface area (Å²) in [4.78, 5) is 17.3. The Hall–Kier alpha value is -3.53. The molecule has 6 heteroatoms. The molecule has 2 N–H and O–H groups in total. The van der Waals surface area contributed by atoms with Gasteiger partial charge in [-0.2, -0.15) is 0 Å². The predicted molar refractivity (Wildman–Crippen MR) is 167 cm³/mol. The zero-order chi connectivity index (χ0) is 28.6. The fraction of sp³-hybridized carbons (Fsp3) is 0.382. The maximum atomic E-state index is 13.1. The summed E-state index contributed by atoms with van der Waals surface area (Å²) >= 11 is 0. The molecule has 2 aliphatic rings. The van der Waals surface area contributed by atoms with Crippen LogP contribution in [-0.4, -0.2) is 56.8 Å². The van der Waals surface area contributed by atoms with Gasteiger partial charge in [-0.3, -0.25) is 4.90 Å². The summed E-state index contributed by atoms with van der Waals surface area (Å²) in [5.74, 6) is 3.56. The van der Waals surface area contributed by atoms with E-state index >= 15 is 0 Å². The molecule has 1 amide bonds. The molecule has 5 nitrogen and oxygen atoms in total. The van der Waals surface area contributed by atoms with Crippen LogP contribution in [0.1, 0.15) is 44.9 Å². The Bertz CT molecular complexity index is 1460. The highest BCUT2D eigenvalue weighted by molar-refractivity contribution is 6.83. The largest absolute Gasteiger partial charge is 0.448 e. The number of fused-ring (bicyclic) bond motifs is 3. The molecule has 1 aliphatic carbocycles. The number of nitrogens with zero attached hydrogens (tertiary/aromatic N) is 2. The van der Waals surface area contributed by atoms with E-state index in [1.165, 1.54) is 33.4 Å². The number of amides is 1. The van der Waals surface area contributed by atoms with Crippen molar-refractivity contribution in [2.45, 2.75) is 52.9 Å². The van der Waals surface area contributed by atoms with Crippen LogP contribution in [0.3, 0.4) is 0 Å². The van der Waals surface area contributed by atoms with Gasteiger partial charge in [0.1, 0.15) is 14.7 Å². The lowest BCUT2D eigenvalue weighted by Gasteiger charge is -2.35. The van der Waals surface area contributed by atoms with Gasteiger partial charge in [0.25, 0.3) is 0 Å². The SMILES string of the molecule is Cc1c(N)c(C)c(CN2CCN(C(=O)OCC3c4ccccc4-c4ccccc43)CC2)c(C)c1C#C[Si](C)(C)C. The number of carbonyl (C=O) groups is 1. The first-order chi connectivity index (χ1) is 19.0. The number of nitrogen functional groups attached to an aromatic ring is 1. The van der Waals surface area contributed by atoms with Crippen molar-refractivity contribution in [2.24, 2.45) is 0 Å². The molecule has 0 saturated carbocycles. The van der Waals surface area contributed by atoms with Gasteiger partial charge in [-0.15, -0.1) is 5.54 Å². The third-order valence-corrected chi connectivity index (χ3v) is 9.25. The van der Waals surface area contributed by atoms with Crippen molar-refractivity contribution in [3.8, 4) is 22.6 Å². The summed E-state index contributed by atoms with van der Waals surface area (Å²) in [6, 6.07) is 16.9. The van der Waals surface area contributed by atoms with E-state index in [0.29, 0.717) is 19.7 Å². The number of hydrogen-bond acceptors (Lipinski definition) is 4. The predicted octanol–water partition coefficient (Wildman–Crippen LogP) is 6.49. The molecule has 1 saturated heterocycles. The highest BCUT2D eigenvalue weighted by Crippen LogP contribution is 2.44. The normalized spacial score (nSPS) is 15.3. The second-order valence-corrected chi connectivity index (χ2v) is 17.0. The van der Waals surface area contributed by atoms with Crippen molar-refractivity contribution >= 4 is 19.9 Å². The van der Waals surface area contributed by atoms with Crippen LogP contribution in [0.2, 0.25) is 19.6 Å². The van der Waals surface area contributed by atoms with Gasteiger partial charge in [0.05, 0.1) is 0 Å². The molecule has 0 unspecified atom stereocenters. The van der Waals surface area contributed by atoms with Gasteiger partial charge in [-0.05, 0) is 65.3 Å². The molecule has 0 radical (unpaired) electrons. The maximum absolute atomic E-state index is 13.1. The quantitative estimate of drug-likeness (QED) is 0.229. The van der Waals surface area contributed by atoms with Gasteiger partial charge in [0.15, 0.2) is 0 Å². The minimum atomic E-state index is -1.51. The van der Waals surface area contributed by atoms with Crippen LogP contribution >= 0.6 is 0 Å². The minimum absolute atomic E-state index is 0.0776. The van der Waals surface area contributed by atoms with Crippen LogP contribution in [0.25, 0.3) is 11.1 Å². The molecule has 40 heavy (non-hydrogen) atoms. The van der Waals surface area contributed by atoms with E-state index in [9.17, 15) is 4.79 Å². The van der Waals surface area contributed by atoms with Crippen LogP contribution < -0.4 is 5.73 Å². The summed E-state index contributed by atoms with van der Waals surface area (Å²) in [5.41, 5.74) is 21.7. The molecule has 0 bridgehead atoms. The standard InChI is InChI=1S/C34H41N3O2Si/c1-23-26(15-20-40(4,5)6)24(2)33(35)25(3)31(23)21-36-16-18-37(19-17-36)34(38)39-22-32-29-13-9-7-11-27(29)28-12-8-10-14-30(28)32/h7-14,32H,16-19,21-22,35H2,1-6H3. The average molecular weight is 552 g/mol. The molecule has 3 aromatic carbocycles. The van der Waals surface area contributed by atoms with Crippen molar-refractivity contribution in [3.05, 3.63) is 87.5 Å². The van der Waals surface area contributed by atoms with Crippen molar-refractivity contribution < 1.29 is 9.53 Å². The Morgan fingerprint density at radius 3 is 2.05 bits per heavy atom. The van der Waals surface area contributed by atoms with E-state index in [-0.39, 0.29) is 12.0 Å². The van der Waals surface area contributed by atoms with Gasteiger partial charge in [0.2, 0.25) is 0 Å². The minimum Gasteiger partial charge on any atom is -0.448 e. The summed E-state index contributed by atoms with van der Waals surface area (Å²) in [6.45, 7) is 17.2. The Balaban J connectivity index is 1.22. The zero-order valence-corrected chi connectivity index (χ0v) is 25.7. The zero-order valence-electron chi connectivity index (χ0n) is 24.7. The Morgan fingerprint density at radius 1 is 0.900 bits per heavy atom. The third kappa shape index (κ3) is 5.54. The maximum Gasteiger partial charge on any atom is 0.409 e. The molecule has 1 fully saturated rings. The monoisotopic (exact) mass is 551 g/mol. The van der Waals surface area contributed by atoms with Gasteiger partial charge >= 0.3 is 6.09 Å². The van der Waals surface area contributed by atoms with Crippen molar-refractivity contribution in [3.63, 3.8) is 0 Å². The number of rotatable bonds is 4. The van der Waals surface area contributed by atoms with E-state index in [2.05, 4.69) is 105 Å². The molecule has 1 heterocycles. The highest BCUT2D eigenvalue weighted by atomic mass is 28.3. The van der Waals surface area contributed by atoms with Crippen LogP contribution in [0.4, 0.5) is 10.5 Å². The molecule has 0 aromatic heterocycles. The highest BCUT2D eigenvalue weighted by Gasteiger charge is 2.30. The first-order valence-corrected chi connectivity index (χ1v) is 17.8. The lowest BCUT2D eigenvalue weighted by Crippen LogP contribution is -2.48. The van der Waals surface area contributed by atoms with Gasteiger partial charge < -0.3 is 15.4 Å². The van der Waals surface area contributed by atoms with Gasteiger partial charge in [-0.25, -0.2) is 4.79 Å². The van der Waals surface area contributed by atoms with Crippen molar-refractivity contribution in [1.82, 2.24) is 9.80 Å². The summed E-state index contributed by atoms with van der Waals surface area (Å²) in [5, 5.41) is 0. The molecule has 0 atom stereocenters. The van der Waals surface area contributed by atoms with Crippen molar-refractivity contribution in [1.29, 1.82) is 0 Å². The van der Waals surface area contributed by atoms with E-state index < -0.39 is 8.07 Å². The van der Waals surface area contributed by atoms with E-state index in [1.807, 2.05) is 4.90 Å². The first-order valence-electron chi connectivity index (χ1n) is 14.3. The summed E-state index contributed by atoms with van der Waals surface area (Å²) < 4.78 is 5.91. The van der Waals surface area contributed by atoms with Crippen LogP contribution in [0, 0.1) is 32.2 Å². The van der Waals surface area contributed by atoms with E-state index in [0.717, 1.165) is 42.0 Å². The lowest BCUT2D eigenvalue weighted by molar-refractivity contribution is 0.0727. The smallest absolute Gasteiger partial charge is 0.409 e. The topological polar surface area (TPSA) is 58.8 Å². The fourth-order valence-corrected chi connectivity index (χ4v) is 6.46. The molecule has 0 spiro atoms. The molecule has 1 aliphatic heterocycles. The van der Waals surface area contributed by atoms with E-state index in [4.69, 9.17) is 10.5 Å². The number of ether oxygens (including phenoxy) is 1. The Kier molecular flexibility index (Phi) is 7.81. The summed E-state index contributed by atoms with van der Waals surface area (Å²) in [7, 11) is -1.51. The molecule has 208 valence electrons. The number of carbonyl (C=O) groups excluding carboxylic acids is 1. The molecule has 5 rings (SSSR count). The average Bonchev–Trinajstić information content (AvgIpc) is 3.26. The van der Waals surface area contributed by atoms with Crippen LogP contribution in [-0.2, 0) is 11.3 Å². The van der Waals surface area contributed by atoms with Crippen LogP contribution in [0.5, 0.6) is 0 Å². The molecular formula is C34H41N3O2Si. The first kappa shape index (κ1) is 28.0. The Labute approximate surface area is 240 Å². The molecular weight excluding hydrogens is 510 g/mol. The van der Waals surface area contributed by atoms with Crippen LogP contribution in [0.15, 0.2) is 48.5 Å². The number of hydrogen-bond donors (Lipinski definition) is 1. The number of benzene rings is 3. The Morgan fingerprint density at radius 2 is 1.48 bits per heavy atom. The third-order valence-electron chi connectivity index (χ3n) is 8.37. The molecule has 3 aromatic rings. The second-order valence-electron chi connectivity index (χ2n) is 12.2. The van der Waals surface area contributed by atoms with Crippen molar-refractivity contribution in [2.75, 3.05) is 38.5 Å². The number of nitrogens with two attached hydrogens (primary N) is 1.